The lowest BCUT2D eigenvalue weighted by Crippen LogP contribution is -2.61. The van der Waals surface area contributed by atoms with E-state index < -0.39 is 25.7 Å². The van der Waals surface area contributed by atoms with E-state index in [0.29, 0.717) is 19.3 Å². The van der Waals surface area contributed by atoms with Gasteiger partial charge < -0.3 is 13.9 Å². The average molecular weight is 453 g/mol. The van der Waals surface area contributed by atoms with Gasteiger partial charge in [0, 0.05) is 5.92 Å². The molecule has 0 unspecified atom stereocenters. The van der Waals surface area contributed by atoms with Crippen molar-refractivity contribution in [1.29, 1.82) is 0 Å². The van der Waals surface area contributed by atoms with E-state index in [4.69, 9.17) is 13.9 Å². The van der Waals surface area contributed by atoms with Gasteiger partial charge in [0.25, 0.3) is 8.32 Å². The number of carbonyl (C=O) groups is 2. The maximum absolute atomic E-state index is 12.7. The van der Waals surface area contributed by atoms with Gasteiger partial charge >= 0.3 is 11.9 Å². The zero-order valence-corrected chi connectivity index (χ0v) is 20.2. The number of hydrogen-bond acceptors (Lipinski definition) is 5. The SMILES string of the molecule is C/C=C\[C@@H]1CC(C(=O)OC)(C(=O)OC)CC[C@H]1O[Si](C)(c1ccccc1)c1ccccc1. The number of ether oxygens (including phenoxy) is 2. The topological polar surface area (TPSA) is 61.8 Å². The van der Waals surface area contributed by atoms with Crippen molar-refractivity contribution in [3.63, 3.8) is 0 Å². The molecular weight excluding hydrogens is 420 g/mol. The van der Waals surface area contributed by atoms with Crippen LogP contribution in [-0.4, -0.2) is 40.6 Å². The molecule has 32 heavy (non-hydrogen) atoms. The van der Waals surface area contributed by atoms with E-state index in [-0.39, 0.29) is 12.0 Å². The molecule has 2 aromatic rings. The summed E-state index contributed by atoms with van der Waals surface area (Å²) in [4.78, 5) is 25.4. The van der Waals surface area contributed by atoms with Crippen LogP contribution in [0.1, 0.15) is 26.2 Å². The largest absolute Gasteiger partial charge is 0.468 e. The summed E-state index contributed by atoms with van der Waals surface area (Å²) in [6.07, 6.45) is 5.05. The van der Waals surface area contributed by atoms with Crippen LogP contribution >= 0.6 is 0 Å². The van der Waals surface area contributed by atoms with Crippen LogP contribution in [0.3, 0.4) is 0 Å². The molecule has 1 aliphatic carbocycles. The second-order valence-corrected chi connectivity index (χ2v) is 11.9. The normalized spacial score (nSPS) is 20.6. The number of hydrogen-bond donors (Lipinski definition) is 0. The third kappa shape index (κ3) is 4.57. The van der Waals surface area contributed by atoms with Crippen LogP contribution in [0.25, 0.3) is 0 Å². The summed E-state index contributed by atoms with van der Waals surface area (Å²) in [6.45, 7) is 4.15. The van der Waals surface area contributed by atoms with E-state index in [0.717, 1.165) is 0 Å². The number of allylic oxidation sites excluding steroid dienone is 1. The minimum Gasteiger partial charge on any atom is -0.468 e. The molecule has 1 aliphatic rings. The summed E-state index contributed by atoms with van der Waals surface area (Å²) in [7, 11) is 0.0857. The highest BCUT2D eigenvalue weighted by atomic mass is 28.4. The molecule has 0 spiro atoms. The second kappa shape index (κ2) is 10.3. The average Bonchev–Trinajstić information content (AvgIpc) is 2.85. The zero-order valence-electron chi connectivity index (χ0n) is 19.2. The highest BCUT2D eigenvalue weighted by molar-refractivity contribution is 6.96. The molecule has 0 heterocycles. The fourth-order valence-corrected chi connectivity index (χ4v) is 7.95. The van der Waals surface area contributed by atoms with Gasteiger partial charge in [0.1, 0.15) is 0 Å². The predicted octanol–water partition coefficient (Wildman–Crippen LogP) is 3.47. The number of rotatable bonds is 7. The summed E-state index contributed by atoms with van der Waals surface area (Å²) in [6, 6.07) is 20.7. The molecule has 2 aromatic carbocycles. The Morgan fingerprint density at radius 3 is 1.88 bits per heavy atom. The van der Waals surface area contributed by atoms with E-state index in [1.165, 1.54) is 24.6 Å². The Balaban J connectivity index is 1.99. The molecule has 1 saturated carbocycles. The van der Waals surface area contributed by atoms with E-state index in [9.17, 15) is 9.59 Å². The smallest absolute Gasteiger partial charge is 0.323 e. The first-order chi connectivity index (χ1) is 15.4. The molecule has 6 heteroatoms. The van der Waals surface area contributed by atoms with Gasteiger partial charge in [-0.1, -0.05) is 72.8 Å². The van der Waals surface area contributed by atoms with Gasteiger partial charge in [0.05, 0.1) is 20.3 Å². The maximum atomic E-state index is 12.7. The predicted molar refractivity (Wildman–Crippen MR) is 127 cm³/mol. The van der Waals surface area contributed by atoms with E-state index >= 15 is 0 Å². The van der Waals surface area contributed by atoms with Gasteiger partial charge in [0.2, 0.25) is 0 Å². The second-order valence-electron chi connectivity index (χ2n) is 8.42. The first-order valence-electron chi connectivity index (χ1n) is 11.0. The standard InChI is InChI=1S/C26H32O5Si/c1-5-12-20-19-26(24(27)29-2,25(28)30-3)18-17-23(20)31-32(4,21-13-8-6-9-14-21)22-15-10-7-11-16-22/h5-16,20,23H,17-19H2,1-4H3/b12-5-/t20-,23-/m1/s1. The molecule has 0 bridgehead atoms. The van der Waals surface area contributed by atoms with Gasteiger partial charge in [-0.25, -0.2) is 0 Å². The maximum Gasteiger partial charge on any atom is 0.323 e. The molecule has 0 N–H and O–H groups in total. The monoisotopic (exact) mass is 452 g/mol. The Hall–Kier alpha value is -2.70. The van der Waals surface area contributed by atoms with E-state index in [2.05, 4.69) is 30.8 Å². The van der Waals surface area contributed by atoms with E-state index in [1.807, 2.05) is 55.5 Å². The van der Waals surface area contributed by atoms with E-state index in [1.54, 1.807) is 0 Å². The Morgan fingerprint density at radius 1 is 0.938 bits per heavy atom. The third-order valence-corrected chi connectivity index (χ3v) is 10.2. The molecule has 1 fully saturated rings. The Labute approximate surface area is 191 Å². The molecule has 0 amide bonds. The van der Waals surface area contributed by atoms with Crippen LogP contribution in [0.2, 0.25) is 6.55 Å². The molecule has 5 nitrogen and oxygen atoms in total. The van der Waals surface area contributed by atoms with Crippen LogP contribution in [-0.2, 0) is 23.5 Å². The first kappa shape index (κ1) is 23.9. The first-order valence-corrected chi connectivity index (χ1v) is 13.4. The minimum absolute atomic E-state index is 0.119. The summed E-state index contributed by atoms with van der Waals surface area (Å²) in [5.41, 5.74) is -1.30. The van der Waals surface area contributed by atoms with Crippen molar-refractivity contribution >= 4 is 30.6 Å². The molecule has 3 rings (SSSR count). The quantitative estimate of drug-likeness (QED) is 0.279. The molecular formula is C26H32O5Si. The van der Waals surface area contributed by atoms with Gasteiger partial charge in [-0.15, -0.1) is 0 Å². The molecule has 0 radical (unpaired) electrons. The van der Waals surface area contributed by atoms with Crippen molar-refractivity contribution < 1.29 is 23.5 Å². The van der Waals surface area contributed by atoms with Crippen molar-refractivity contribution in [1.82, 2.24) is 0 Å². The van der Waals surface area contributed by atoms with Gasteiger partial charge in [0.15, 0.2) is 5.41 Å². The van der Waals surface area contributed by atoms with Gasteiger partial charge in [-0.2, -0.15) is 0 Å². The Kier molecular flexibility index (Phi) is 7.69. The van der Waals surface area contributed by atoms with Crippen LogP contribution in [0.4, 0.5) is 0 Å². The summed E-state index contributed by atoms with van der Waals surface area (Å²) < 4.78 is 17.1. The van der Waals surface area contributed by atoms with Crippen LogP contribution in [0.15, 0.2) is 72.8 Å². The highest BCUT2D eigenvalue weighted by Gasteiger charge is 2.54. The third-order valence-electron chi connectivity index (χ3n) is 6.55. The summed E-state index contributed by atoms with van der Waals surface area (Å²) >= 11 is 0. The molecule has 0 aliphatic heterocycles. The number of methoxy groups -OCH3 is 2. The van der Waals surface area contributed by atoms with Crippen LogP contribution in [0.5, 0.6) is 0 Å². The van der Waals surface area contributed by atoms with Crippen LogP contribution < -0.4 is 10.4 Å². The molecule has 0 saturated heterocycles. The highest BCUT2D eigenvalue weighted by Crippen LogP contribution is 2.44. The lowest BCUT2D eigenvalue weighted by Gasteiger charge is -2.43. The van der Waals surface area contributed by atoms with Crippen molar-refractivity contribution in [2.45, 2.75) is 38.8 Å². The fraction of sp³-hybridized carbons (Fsp3) is 0.385. The Morgan fingerprint density at radius 2 is 1.44 bits per heavy atom. The number of carbonyl (C=O) groups excluding carboxylic acids is 2. The summed E-state index contributed by atoms with van der Waals surface area (Å²) in [5, 5.41) is 2.37. The summed E-state index contributed by atoms with van der Waals surface area (Å²) in [5.74, 6) is -1.20. The lowest BCUT2D eigenvalue weighted by atomic mass is 9.68. The van der Waals surface area contributed by atoms with Gasteiger partial charge in [-0.05, 0) is 43.1 Å². The molecule has 0 aromatic heterocycles. The van der Waals surface area contributed by atoms with Crippen molar-refractivity contribution in [2.24, 2.45) is 11.3 Å². The lowest BCUT2D eigenvalue weighted by molar-refractivity contribution is -0.174. The number of benzene rings is 2. The zero-order chi connectivity index (χ0) is 23.2. The van der Waals surface area contributed by atoms with Crippen molar-refractivity contribution in [3.05, 3.63) is 72.8 Å². The Bertz CT molecular complexity index is 886. The fourth-order valence-electron chi connectivity index (χ4n) is 4.79. The van der Waals surface area contributed by atoms with Gasteiger partial charge in [-0.3, -0.25) is 9.59 Å². The molecule has 2 atom stereocenters. The molecule has 170 valence electrons. The number of esters is 2. The van der Waals surface area contributed by atoms with Crippen molar-refractivity contribution in [3.8, 4) is 0 Å². The van der Waals surface area contributed by atoms with Crippen LogP contribution in [0, 0.1) is 11.3 Å². The van der Waals surface area contributed by atoms with Crippen molar-refractivity contribution in [2.75, 3.05) is 14.2 Å². The minimum atomic E-state index is -2.54.